The summed E-state index contributed by atoms with van der Waals surface area (Å²) in [5.74, 6) is 0. The van der Waals surface area contributed by atoms with Crippen molar-refractivity contribution in [3.8, 4) is 0 Å². The van der Waals surface area contributed by atoms with Gasteiger partial charge in [-0.15, -0.1) is 0 Å². The van der Waals surface area contributed by atoms with Crippen molar-refractivity contribution in [1.82, 2.24) is 15.5 Å². The highest BCUT2D eigenvalue weighted by molar-refractivity contribution is 4.99. The van der Waals surface area contributed by atoms with Crippen LogP contribution in [0.15, 0.2) is 0 Å². The van der Waals surface area contributed by atoms with Crippen molar-refractivity contribution in [3.05, 3.63) is 0 Å². The predicted octanol–water partition coefficient (Wildman–Crippen LogP) is 3.01. The summed E-state index contributed by atoms with van der Waals surface area (Å²) in [5.41, 5.74) is 0.746. The second kappa shape index (κ2) is 7.94. The highest BCUT2D eigenvalue weighted by atomic mass is 15.2. The van der Waals surface area contributed by atoms with Crippen molar-refractivity contribution in [2.45, 2.75) is 71.3 Å². The molecule has 3 nitrogen and oxygen atoms in total. The highest BCUT2D eigenvalue weighted by Gasteiger charge is 2.44. The van der Waals surface area contributed by atoms with Gasteiger partial charge in [0.2, 0.25) is 0 Å². The van der Waals surface area contributed by atoms with Crippen molar-refractivity contribution < 1.29 is 0 Å². The van der Waals surface area contributed by atoms with Crippen LogP contribution in [0.25, 0.3) is 0 Å². The molecule has 0 amide bonds. The molecule has 2 N–H and O–H groups in total. The summed E-state index contributed by atoms with van der Waals surface area (Å²) in [5, 5.41) is 7.15. The third kappa shape index (κ3) is 4.43. The van der Waals surface area contributed by atoms with Gasteiger partial charge in [0.15, 0.2) is 0 Å². The van der Waals surface area contributed by atoms with E-state index in [1.54, 1.807) is 0 Å². The zero-order valence-corrected chi connectivity index (χ0v) is 14.6. The summed E-state index contributed by atoms with van der Waals surface area (Å²) >= 11 is 0. The third-order valence-electron chi connectivity index (χ3n) is 6.22. The van der Waals surface area contributed by atoms with Gasteiger partial charge < -0.3 is 10.6 Å². The van der Waals surface area contributed by atoms with Crippen LogP contribution in [0.3, 0.4) is 0 Å². The van der Waals surface area contributed by atoms with Gasteiger partial charge in [0, 0.05) is 44.8 Å². The number of hydrogen-bond donors (Lipinski definition) is 2. The summed E-state index contributed by atoms with van der Waals surface area (Å²) in [6.45, 7) is 14.5. The first-order valence-electron chi connectivity index (χ1n) is 9.23. The number of nitrogens with one attached hydrogen (secondary N) is 2. The molecule has 3 heteroatoms. The highest BCUT2D eigenvalue weighted by Crippen LogP contribution is 2.44. The number of nitrogens with zero attached hydrogens (tertiary/aromatic N) is 1. The Kier molecular flexibility index (Phi) is 6.51. The maximum atomic E-state index is 3.58. The van der Waals surface area contributed by atoms with E-state index in [2.05, 4.69) is 36.3 Å². The Morgan fingerprint density at radius 2 is 1.19 bits per heavy atom. The van der Waals surface area contributed by atoms with Gasteiger partial charge in [-0.25, -0.2) is 0 Å². The summed E-state index contributed by atoms with van der Waals surface area (Å²) in [6.07, 6.45) is 9.85. The number of rotatable bonds is 1. The van der Waals surface area contributed by atoms with Crippen LogP contribution in [0.4, 0.5) is 0 Å². The molecular formula is C18H37N3. The molecule has 1 saturated carbocycles. The number of hydrogen-bond acceptors (Lipinski definition) is 3. The molecule has 0 radical (unpaired) electrons. The Balaban J connectivity index is 2.14. The Morgan fingerprint density at radius 3 is 1.81 bits per heavy atom. The van der Waals surface area contributed by atoms with Gasteiger partial charge in [0.25, 0.3) is 0 Å². The van der Waals surface area contributed by atoms with Gasteiger partial charge in [0.05, 0.1) is 0 Å². The lowest BCUT2D eigenvalue weighted by molar-refractivity contribution is -0.0148. The Morgan fingerprint density at radius 1 is 0.667 bits per heavy atom. The fraction of sp³-hybridized carbons (Fsp3) is 1.00. The maximum absolute atomic E-state index is 3.58. The van der Waals surface area contributed by atoms with Crippen molar-refractivity contribution >= 4 is 0 Å². The van der Waals surface area contributed by atoms with Gasteiger partial charge in [-0.05, 0) is 25.2 Å². The van der Waals surface area contributed by atoms with E-state index in [9.17, 15) is 0 Å². The topological polar surface area (TPSA) is 27.3 Å². The van der Waals surface area contributed by atoms with Gasteiger partial charge in [-0.1, -0.05) is 46.0 Å². The first-order chi connectivity index (χ1) is 10.1. The molecule has 2 rings (SSSR count). The van der Waals surface area contributed by atoms with Gasteiger partial charge in [0.1, 0.15) is 0 Å². The lowest BCUT2D eigenvalue weighted by Crippen LogP contribution is -2.58. The minimum absolute atomic E-state index is 0.338. The Labute approximate surface area is 132 Å². The van der Waals surface area contributed by atoms with E-state index in [0.29, 0.717) is 11.0 Å². The minimum Gasteiger partial charge on any atom is -0.314 e. The normalized spacial score (nSPS) is 33.9. The molecule has 0 spiro atoms. The Bertz CT molecular complexity index is 293. The zero-order valence-electron chi connectivity index (χ0n) is 14.6. The van der Waals surface area contributed by atoms with Crippen LogP contribution >= 0.6 is 0 Å². The van der Waals surface area contributed by atoms with E-state index in [1.807, 2.05) is 0 Å². The average molecular weight is 296 g/mol. The summed E-state index contributed by atoms with van der Waals surface area (Å²) < 4.78 is 0. The summed E-state index contributed by atoms with van der Waals surface area (Å²) in [7, 11) is 0. The first kappa shape index (κ1) is 17.2. The van der Waals surface area contributed by atoms with Crippen LogP contribution in [-0.2, 0) is 0 Å². The van der Waals surface area contributed by atoms with E-state index in [0.717, 1.165) is 26.2 Å². The van der Waals surface area contributed by atoms with Gasteiger partial charge in [-0.2, -0.15) is 0 Å². The second-order valence-electron chi connectivity index (χ2n) is 7.91. The molecule has 2 fully saturated rings. The van der Waals surface area contributed by atoms with Gasteiger partial charge in [-0.3, -0.25) is 4.90 Å². The molecule has 1 heterocycles. The van der Waals surface area contributed by atoms with Crippen molar-refractivity contribution in [2.75, 3.05) is 39.3 Å². The molecule has 0 aromatic rings. The average Bonchev–Trinajstić information content (AvgIpc) is 2.62. The fourth-order valence-electron chi connectivity index (χ4n) is 4.22. The molecule has 1 aliphatic heterocycles. The minimum atomic E-state index is 0.338. The summed E-state index contributed by atoms with van der Waals surface area (Å²) in [6, 6.07) is 0. The second-order valence-corrected chi connectivity index (χ2v) is 7.91. The molecule has 1 atom stereocenters. The SMILES string of the molecule is CC1(C)CCCCCCCC1(C)N1CCNCCNCC1. The molecular weight excluding hydrogens is 258 g/mol. The van der Waals surface area contributed by atoms with Crippen LogP contribution < -0.4 is 10.6 Å². The predicted molar refractivity (Wildman–Crippen MR) is 91.8 cm³/mol. The summed E-state index contributed by atoms with van der Waals surface area (Å²) in [4.78, 5) is 2.80. The van der Waals surface area contributed by atoms with Crippen LogP contribution in [0.1, 0.15) is 65.7 Å². The lowest BCUT2D eigenvalue weighted by atomic mass is 9.67. The molecule has 21 heavy (non-hydrogen) atoms. The third-order valence-corrected chi connectivity index (χ3v) is 6.22. The van der Waals surface area contributed by atoms with E-state index in [-0.39, 0.29) is 0 Å². The van der Waals surface area contributed by atoms with Crippen LogP contribution in [0.5, 0.6) is 0 Å². The molecule has 1 saturated heterocycles. The molecule has 0 aromatic heterocycles. The first-order valence-corrected chi connectivity index (χ1v) is 9.23. The molecule has 124 valence electrons. The fourth-order valence-corrected chi connectivity index (χ4v) is 4.22. The van der Waals surface area contributed by atoms with Crippen molar-refractivity contribution in [2.24, 2.45) is 5.41 Å². The van der Waals surface area contributed by atoms with Crippen molar-refractivity contribution in [3.63, 3.8) is 0 Å². The monoisotopic (exact) mass is 295 g/mol. The molecule has 1 unspecified atom stereocenters. The largest absolute Gasteiger partial charge is 0.314 e. The molecule has 0 aromatic carbocycles. The van der Waals surface area contributed by atoms with Crippen LogP contribution in [0.2, 0.25) is 0 Å². The van der Waals surface area contributed by atoms with Crippen molar-refractivity contribution in [1.29, 1.82) is 0 Å². The van der Waals surface area contributed by atoms with E-state index < -0.39 is 0 Å². The standard InChI is InChI=1S/C18H37N3/c1-17(2)9-7-5-4-6-8-10-18(17,3)21-15-13-19-11-12-20-14-16-21/h19-20H,4-16H2,1-3H3. The van der Waals surface area contributed by atoms with E-state index in [1.165, 1.54) is 58.0 Å². The van der Waals surface area contributed by atoms with Crippen LogP contribution in [-0.4, -0.2) is 49.7 Å². The van der Waals surface area contributed by atoms with E-state index >= 15 is 0 Å². The quantitative estimate of drug-likeness (QED) is 0.779. The molecule has 2 aliphatic rings. The Hall–Kier alpha value is -0.120. The zero-order chi connectivity index (χ0) is 15.2. The maximum Gasteiger partial charge on any atom is 0.0233 e. The lowest BCUT2D eigenvalue weighted by Gasteiger charge is -2.52. The molecule has 0 bridgehead atoms. The van der Waals surface area contributed by atoms with Crippen LogP contribution in [0, 0.1) is 5.41 Å². The van der Waals surface area contributed by atoms with E-state index in [4.69, 9.17) is 0 Å². The molecule has 1 aliphatic carbocycles. The van der Waals surface area contributed by atoms with Gasteiger partial charge >= 0.3 is 0 Å². The smallest absolute Gasteiger partial charge is 0.0233 e.